The molecule has 0 aliphatic carbocycles. The number of rotatable bonds is 6. The summed E-state index contributed by atoms with van der Waals surface area (Å²) in [6.07, 6.45) is 1.02. The molecule has 0 saturated carbocycles. The van der Waals surface area contributed by atoms with Gasteiger partial charge in [0, 0.05) is 0 Å². The van der Waals surface area contributed by atoms with E-state index in [0.29, 0.717) is 17.9 Å². The molecule has 2 aromatic carbocycles. The van der Waals surface area contributed by atoms with E-state index in [1.165, 1.54) is 5.56 Å². The molecular weight excluding hydrogens is 252 g/mol. The molecule has 0 amide bonds. The highest BCUT2D eigenvalue weighted by Gasteiger charge is 2.11. The van der Waals surface area contributed by atoms with Gasteiger partial charge >= 0.3 is 0 Å². The van der Waals surface area contributed by atoms with Crippen LogP contribution in [0.2, 0.25) is 0 Å². The topological polar surface area (TPSA) is 38.7 Å². The van der Waals surface area contributed by atoms with Gasteiger partial charge in [0.15, 0.2) is 11.5 Å². The van der Waals surface area contributed by atoms with E-state index in [1.807, 2.05) is 36.4 Å². The minimum Gasteiger partial charge on any atom is -0.493 e. The Labute approximate surface area is 119 Å². The zero-order valence-electron chi connectivity index (χ0n) is 11.9. The number of aliphatic hydroxyl groups is 1. The van der Waals surface area contributed by atoms with Crippen molar-refractivity contribution in [1.82, 2.24) is 0 Å². The van der Waals surface area contributed by atoms with Gasteiger partial charge in [0.1, 0.15) is 0 Å². The van der Waals surface area contributed by atoms with Crippen molar-refractivity contribution in [1.29, 1.82) is 0 Å². The van der Waals surface area contributed by atoms with E-state index in [0.717, 1.165) is 12.0 Å². The lowest BCUT2D eigenvalue weighted by Gasteiger charge is -2.14. The van der Waals surface area contributed by atoms with Crippen LogP contribution in [0.3, 0.4) is 0 Å². The fraction of sp³-hybridized carbons (Fsp3) is 0.294. The smallest absolute Gasteiger partial charge is 0.161 e. The molecule has 3 heteroatoms. The number of ether oxygens (including phenoxy) is 2. The van der Waals surface area contributed by atoms with Crippen molar-refractivity contribution in [2.75, 3.05) is 14.2 Å². The second kappa shape index (κ2) is 6.96. The van der Waals surface area contributed by atoms with Gasteiger partial charge in [0.25, 0.3) is 0 Å². The van der Waals surface area contributed by atoms with Crippen LogP contribution in [-0.2, 0) is 6.42 Å². The van der Waals surface area contributed by atoms with E-state index >= 15 is 0 Å². The molecule has 106 valence electrons. The van der Waals surface area contributed by atoms with Crippen LogP contribution in [-0.4, -0.2) is 19.3 Å². The highest BCUT2D eigenvalue weighted by molar-refractivity contribution is 5.43. The van der Waals surface area contributed by atoms with Gasteiger partial charge in [-0.15, -0.1) is 0 Å². The van der Waals surface area contributed by atoms with Crippen molar-refractivity contribution in [3.8, 4) is 11.5 Å². The van der Waals surface area contributed by atoms with Crippen molar-refractivity contribution in [3.05, 3.63) is 59.7 Å². The van der Waals surface area contributed by atoms with Crippen molar-refractivity contribution in [3.63, 3.8) is 0 Å². The molecule has 0 radical (unpaired) electrons. The van der Waals surface area contributed by atoms with Gasteiger partial charge < -0.3 is 14.6 Å². The highest BCUT2D eigenvalue weighted by atomic mass is 16.5. The second-order valence-electron chi connectivity index (χ2n) is 4.65. The number of hydrogen-bond acceptors (Lipinski definition) is 3. The summed E-state index contributed by atoms with van der Waals surface area (Å²) >= 11 is 0. The Morgan fingerprint density at radius 3 is 2.30 bits per heavy atom. The fourth-order valence-corrected chi connectivity index (χ4v) is 2.17. The molecule has 0 fully saturated rings. The minimum absolute atomic E-state index is 0.505. The SMILES string of the molecule is COc1ccc(C(O)CCc2ccccc2)cc1OC. The van der Waals surface area contributed by atoms with Crippen molar-refractivity contribution in [2.24, 2.45) is 0 Å². The molecule has 0 bridgehead atoms. The fourth-order valence-electron chi connectivity index (χ4n) is 2.17. The predicted octanol–water partition coefficient (Wildman–Crippen LogP) is 3.37. The lowest BCUT2D eigenvalue weighted by atomic mass is 10.0. The van der Waals surface area contributed by atoms with Gasteiger partial charge in [0.05, 0.1) is 20.3 Å². The molecule has 0 spiro atoms. The summed E-state index contributed by atoms with van der Waals surface area (Å²) in [7, 11) is 3.20. The van der Waals surface area contributed by atoms with E-state index in [4.69, 9.17) is 9.47 Å². The van der Waals surface area contributed by atoms with Gasteiger partial charge in [-0.25, -0.2) is 0 Å². The molecule has 1 N–H and O–H groups in total. The average molecular weight is 272 g/mol. The second-order valence-corrected chi connectivity index (χ2v) is 4.65. The number of methoxy groups -OCH3 is 2. The molecule has 0 saturated heterocycles. The van der Waals surface area contributed by atoms with Crippen molar-refractivity contribution in [2.45, 2.75) is 18.9 Å². The standard InChI is InChI=1S/C17H20O3/c1-19-16-11-9-14(12-17(16)20-2)15(18)10-8-13-6-4-3-5-7-13/h3-7,9,11-12,15,18H,8,10H2,1-2H3. The summed E-state index contributed by atoms with van der Waals surface area (Å²) < 4.78 is 10.4. The summed E-state index contributed by atoms with van der Waals surface area (Å²) in [6, 6.07) is 15.7. The molecule has 1 unspecified atom stereocenters. The Morgan fingerprint density at radius 2 is 1.65 bits per heavy atom. The van der Waals surface area contributed by atoms with Crippen LogP contribution >= 0.6 is 0 Å². The van der Waals surface area contributed by atoms with E-state index in [-0.39, 0.29) is 0 Å². The molecular formula is C17H20O3. The van der Waals surface area contributed by atoms with Crippen LogP contribution in [0.1, 0.15) is 23.7 Å². The predicted molar refractivity (Wildman–Crippen MR) is 79.3 cm³/mol. The summed E-state index contributed by atoms with van der Waals surface area (Å²) in [5.41, 5.74) is 2.07. The Balaban J connectivity index is 2.03. The molecule has 2 rings (SSSR count). The Kier molecular flexibility index (Phi) is 5.02. The summed E-state index contributed by atoms with van der Waals surface area (Å²) in [4.78, 5) is 0. The molecule has 20 heavy (non-hydrogen) atoms. The Morgan fingerprint density at radius 1 is 0.950 bits per heavy atom. The minimum atomic E-state index is -0.505. The third kappa shape index (κ3) is 3.52. The molecule has 3 nitrogen and oxygen atoms in total. The van der Waals surface area contributed by atoms with Gasteiger partial charge in [-0.3, -0.25) is 0 Å². The van der Waals surface area contributed by atoms with Crippen LogP contribution in [0.5, 0.6) is 11.5 Å². The normalized spacial score (nSPS) is 11.9. The lowest BCUT2D eigenvalue weighted by molar-refractivity contribution is 0.167. The van der Waals surface area contributed by atoms with Crippen LogP contribution in [0.25, 0.3) is 0 Å². The number of hydrogen-bond donors (Lipinski definition) is 1. The van der Waals surface area contributed by atoms with Gasteiger partial charge in [0.2, 0.25) is 0 Å². The highest BCUT2D eigenvalue weighted by Crippen LogP contribution is 2.31. The summed E-state index contributed by atoms with van der Waals surface area (Å²) in [6.45, 7) is 0. The van der Waals surface area contributed by atoms with Gasteiger partial charge in [-0.05, 0) is 36.1 Å². The van der Waals surface area contributed by atoms with Crippen molar-refractivity contribution >= 4 is 0 Å². The summed E-state index contributed by atoms with van der Waals surface area (Å²) in [5, 5.41) is 10.3. The first kappa shape index (κ1) is 14.4. The van der Waals surface area contributed by atoms with Crippen LogP contribution < -0.4 is 9.47 Å². The van der Waals surface area contributed by atoms with Gasteiger partial charge in [-0.2, -0.15) is 0 Å². The third-order valence-corrected chi connectivity index (χ3v) is 3.34. The van der Waals surface area contributed by atoms with E-state index in [1.54, 1.807) is 14.2 Å². The van der Waals surface area contributed by atoms with Crippen LogP contribution in [0.15, 0.2) is 48.5 Å². The Hall–Kier alpha value is -2.00. The zero-order valence-corrected chi connectivity index (χ0v) is 11.9. The van der Waals surface area contributed by atoms with Crippen molar-refractivity contribution < 1.29 is 14.6 Å². The molecule has 1 atom stereocenters. The van der Waals surface area contributed by atoms with E-state index < -0.39 is 6.10 Å². The summed E-state index contributed by atoms with van der Waals surface area (Å²) in [5.74, 6) is 1.32. The molecule has 2 aromatic rings. The maximum atomic E-state index is 10.3. The number of aliphatic hydroxyl groups excluding tert-OH is 1. The first-order chi connectivity index (χ1) is 9.74. The van der Waals surface area contributed by atoms with E-state index in [2.05, 4.69) is 12.1 Å². The zero-order chi connectivity index (χ0) is 14.4. The molecule has 0 aliphatic rings. The third-order valence-electron chi connectivity index (χ3n) is 3.34. The van der Waals surface area contributed by atoms with Crippen LogP contribution in [0.4, 0.5) is 0 Å². The maximum absolute atomic E-state index is 10.3. The first-order valence-corrected chi connectivity index (χ1v) is 6.68. The average Bonchev–Trinajstić information content (AvgIpc) is 2.52. The van der Waals surface area contributed by atoms with E-state index in [9.17, 15) is 5.11 Å². The van der Waals surface area contributed by atoms with Crippen LogP contribution in [0, 0.1) is 0 Å². The monoisotopic (exact) mass is 272 g/mol. The first-order valence-electron chi connectivity index (χ1n) is 6.68. The van der Waals surface area contributed by atoms with Gasteiger partial charge in [-0.1, -0.05) is 36.4 Å². The largest absolute Gasteiger partial charge is 0.493 e. The quantitative estimate of drug-likeness (QED) is 0.876. The molecule has 0 aliphatic heterocycles. The maximum Gasteiger partial charge on any atom is 0.161 e. The lowest BCUT2D eigenvalue weighted by Crippen LogP contribution is -2.01. The molecule has 0 aromatic heterocycles. The Bertz CT molecular complexity index is 537. The number of aryl methyl sites for hydroxylation is 1. The molecule has 0 heterocycles. The number of benzene rings is 2.